The monoisotopic (exact) mass is 328 g/mol. The van der Waals surface area contributed by atoms with Gasteiger partial charge in [-0.3, -0.25) is 9.36 Å². The Hall–Kier alpha value is -2.22. The van der Waals surface area contributed by atoms with Crippen molar-refractivity contribution < 1.29 is 23.9 Å². The lowest BCUT2D eigenvalue weighted by molar-refractivity contribution is -0.136. The summed E-state index contributed by atoms with van der Waals surface area (Å²) >= 11 is 0. The van der Waals surface area contributed by atoms with Gasteiger partial charge in [-0.25, -0.2) is 0 Å². The summed E-state index contributed by atoms with van der Waals surface area (Å²) in [5, 5.41) is 15.9. The van der Waals surface area contributed by atoms with Crippen molar-refractivity contribution in [3.63, 3.8) is 0 Å². The Kier molecular flexibility index (Phi) is 6.24. The van der Waals surface area contributed by atoms with E-state index in [1.54, 1.807) is 0 Å². The summed E-state index contributed by atoms with van der Waals surface area (Å²) in [5.41, 5.74) is 11.7. The number of benzene rings is 1. The van der Waals surface area contributed by atoms with Crippen molar-refractivity contribution in [2.24, 2.45) is 21.7 Å². The van der Waals surface area contributed by atoms with Crippen LogP contribution in [0, 0.1) is 0 Å². The topological polar surface area (TPSA) is 161 Å². The van der Waals surface area contributed by atoms with Crippen molar-refractivity contribution in [1.82, 2.24) is 0 Å². The highest BCUT2D eigenvalue weighted by atomic mass is 31.2. The van der Waals surface area contributed by atoms with Crippen molar-refractivity contribution >= 4 is 30.5 Å². The van der Waals surface area contributed by atoms with Crippen LogP contribution in [0.5, 0.6) is 0 Å². The zero-order valence-electron chi connectivity index (χ0n) is 11.8. The molecule has 22 heavy (non-hydrogen) atoms. The first-order valence-electron chi connectivity index (χ1n) is 6.13. The predicted octanol–water partition coefficient (Wildman–Crippen LogP) is -0.0140. The Morgan fingerprint density at radius 2 is 1.82 bits per heavy atom. The summed E-state index contributed by atoms with van der Waals surface area (Å²) in [7, 11) is -2.67. The van der Waals surface area contributed by atoms with Crippen LogP contribution in [0.15, 0.2) is 34.5 Å². The van der Waals surface area contributed by atoms with Crippen molar-refractivity contribution in [1.29, 1.82) is 0 Å². The molecule has 0 heterocycles. The van der Waals surface area contributed by atoms with Gasteiger partial charge in [0.25, 0.3) is 0 Å². The first kappa shape index (κ1) is 17.8. The van der Waals surface area contributed by atoms with Gasteiger partial charge in [-0.15, -0.1) is 10.2 Å². The van der Waals surface area contributed by atoms with E-state index in [1.807, 2.05) is 0 Å². The Morgan fingerprint density at radius 1 is 1.23 bits per heavy atom. The molecule has 1 aromatic rings. The normalized spacial score (nSPS) is 15.4. The molecule has 0 aliphatic rings. The number of amidine groups is 2. The number of aliphatic carboxylic acids is 1. The molecule has 10 heteroatoms. The van der Waals surface area contributed by atoms with Gasteiger partial charge in [0.1, 0.15) is 5.84 Å². The van der Waals surface area contributed by atoms with Gasteiger partial charge in [0.15, 0.2) is 5.84 Å². The molecular formula is C12H17N4O5P. The average Bonchev–Trinajstić information content (AvgIpc) is 2.50. The Balaban J connectivity index is 2.83. The van der Waals surface area contributed by atoms with E-state index in [0.29, 0.717) is 5.56 Å². The number of carboxylic acids is 1. The highest BCUT2D eigenvalue weighted by molar-refractivity contribution is 7.61. The fourth-order valence-electron chi connectivity index (χ4n) is 1.39. The SMILES string of the molecule is COP(=O)(O)c1ccc(/C(N)=N/N=C(\N)CCC(=O)O)cc1. The van der Waals surface area contributed by atoms with Crippen LogP contribution >= 0.6 is 7.60 Å². The standard InChI is InChI=1S/C12H17N4O5P/c1-21-22(19,20)9-4-2-8(3-5-9)12(14)16-15-10(13)6-7-11(17)18/h2-5H,6-7H2,1H3,(H2,13,15)(H2,14,16)(H,17,18)(H,19,20). The molecule has 0 amide bonds. The maximum absolute atomic E-state index is 11.6. The van der Waals surface area contributed by atoms with Crippen molar-refractivity contribution in [3.05, 3.63) is 29.8 Å². The molecule has 0 saturated heterocycles. The highest BCUT2D eigenvalue weighted by Crippen LogP contribution is 2.39. The van der Waals surface area contributed by atoms with Crippen LogP contribution in [0.4, 0.5) is 0 Å². The van der Waals surface area contributed by atoms with Gasteiger partial charge in [0.05, 0.1) is 11.7 Å². The quantitative estimate of drug-likeness (QED) is 0.237. The number of carboxylic acid groups (broad SMARTS) is 1. The molecule has 0 saturated carbocycles. The van der Waals surface area contributed by atoms with E-state index < -0.39 is 13.6 Å². The van der Waals surface area contributed by atoms with Crippen molar-refractivity contribution in [2.75, 3.05) is 7.11 Å². The minimum atomic E-state index is -3.81. The van der Waals surface area contributed by atoms with Gasteiger partial charge in [-0.2, -0.15) is 0 Å². The molecule has 0 aliphatic carbocycles. The van der Waals surface area contributed by atoms with E-state index in [0.717, 1.165) is 7.11 Å². The summed E-state index contributed by atoms with van der Waals surface area (Å²) in [5.74, 6) is -0.909. The number of hydrogen-bond acceptors (Lipinski definition) is 5. The van der Waals surface area contributed by atoms with Crippen LogP contribution < -0.4 is 16.8 Å². The first-order valence-corrected chi connectivity index (χ1v) is 7.71. The number of nitrogens with two attached hydrogens (primary N) is 2. The van der Waals surface area contributed by atoms with Crippen LogP contribution in [-0.2, 0) is 13.9 Å². The largest absolute Gasteiger partial charge is 0.481 e. The number of nitrogens with zero attached hydrogens (tertiary/aromatic N) is 2. The smallest absolute Gasteiger partial charge is 0.358 e. The molecule has 0 bridgehead atoms. The summed E-state index contributed by atoms with van der Waals surface area (Å²) < 4.78 is 16.1. The maximum atomic E-state index is 11.6. The molecule has 0 fully saturated rings. The van der Waals surface area contributed by atoms with Crippen LogP contribution in [-0.4, -0.2) is 34.8 Å². The molecule has 0 spiro atoms. The first-order chi connectivity index (χ1) is 10.3. The molecule has 1 atom stereocenters. The third-order valence-corrected chi connectivity index (χ3v) is 4.06. The second kappa shape index (κ2) is 7.69. The van der Waals surface area contributed by atoms with Crippen molar-refractivity contribution in [2.45, 2.75) is 12.8 Å². The van der Waals surface area contributed by atoms with Gasteiger partial charge < -0.3 is 26.0 Å². The lowest BCUT2D eigenvalue weighted by atomic mass is 10.2. The van der Waals surface area contributed by atoms with Gasteiger partial charge in [-0.1, -0.05) is 12.1 Å². The summed E-state index contributed by atoms with van der Waals surface area (Å²) in [4.78, 5) is 19.9. The van der Waals surface area contributed by atoms with E-state index >= 15 is 0 Å². The molecule has 0 aromatic heterocycles. The second-order valence-electron chi connectivity index (χ2n) is 4.22. The molecule has 1 aromatic carbocycles. The third-order valence-electron chi connectivity index (χ3n) is 2.62. The third kappa shape index (κ3) is 5.28. The minimum Gasteiger partial charge on any atom is -0.481 e. The average molecular weight is 328 g/mol. The Morgan fingerprint density at radius 3 is 2.32 bits per heavy atom. The second-order valence-corrected chi connectivity index (χ2v) is 6.14. The van der Waals surface area contributed by atoms with Crippen LogP contribution in [0.3, 0.4) is 0 Å². The molecule has 0 radical (unpaired) electrons. The van der Waals surface area contributed by atoms with E-state index in [-0.39, 0.29) is 29.8 Å². The number of carbonyl (C=O) groups is 1. The lowest BCUT2D eigenvalue weighted by Crippen LogP contribution is -2.17. The number of hydrogen-bond donors (Lipinski definition) is 4. The summed E-state index contributed by atoms with van der Waals surface area (Å²) in [6.45, 7) is 0. The van der Waals surface area contributed by atoms with Crippen molar-refractivity contribution in [3.8, 4) is 0 Å². The summed E-state index contributed by atoms with van der Waals surface area (Å²) in [6, 6.07) is 5.75. The zero-order chi connectivity index (χ0) is 16.8. The maximum Gasteiger partial charge on any atom is 0.358 e. The van der Waals surface area contributed by atoms with Gasteiger partial charge in [0, 0.05) is 19.1 Å². The minimum absolute atomic E-state index is 0.0370. The van der Waals surface area contributed by atoms with E-state index in [9.17, 15) is 14.3 Å². The molecule has 6 N–H and O–H groups in total. The van der Waals surface area contributed by atoms with Gasteiger partial charge in [-0.05, 0) is 12.1 Å². The molecule has 120 valence electrons. The fraction of sp³-hybridized carbons (Fsp3) is 0.250. The molecule has 1 unspecified atom stereocenters. The molecule has 1 rings (SSSR count). The fourth-order valence-corrected chi connectivity index (χ4v) is 2.12. The van der Waals surface area contributed by atoms with E-state index in [2.05, 4.69) is 14.7 Å². The Labute approximate surface area is 126 Å². The molecule has 9 nitrogen and oxygen atoms in total. The molecule has 0 aliphatic heterocycles. The molecular weight excluding hydrogens is 311 g/mol. The van der Waals surface area contributed by atoms with Crippen LogP contribution in [0.25, 0.3) is 0 Å². The van der Waals surface area contributed by atoms with Crippen LogP contribution in [0.1, 0.15) is 18.4 Å². The zero-order valence-corrected chi connectivity index (χ0v) is 12.7. The van der Waals surface area contributed by atoms with E-state index in [1.165, 1.54) is 24.3 Å². The van der Waals surface area contributed by atoms with Gasteiger partial charge >= 0.3 is 13.6 Å². The van der Waals surface area contributed by atoms with E-state index in [4.69, 9.17) is 16.6 Å². The predicted molar refractivity (Wildman–Crippen MR) is 82.1 cm³/mol. The van der Waals surface area contributed by atoms with Crippen LogP contribution in [0.2, 0.25) is 0 Å². The highest BCUT2D eigenvalue weighted by Gasteiger charge is 2.20. The van der Waals surface area contributed by atoms with Gasteiger partial charge in [0.2, 0.25) is 0 Å². The number of rotatable bonds is 7. The lowest BCUT2D eigenvalue weighted by Gasteiger charge is -2.09. The Bertz CT molecular complexity index is 641. The summed E-state index contributed by atoms with van der Waals surface area (Å²) in [6.07, 6.45) is -0.0885.